The van der Waals surface area contributed by atoms with Gasteiger partial charge in [-0.05, 0) is 36.6 Å². The largest absolute Gasteiger partial charge is 0.497 e. The van der Waals surface area contributed by atoms with Gasteiger partial charge >= 0.3 is 0 Å². The first-order valence-electron chi connectivity index (χ1n) is 8.75. The Hall–Kier alpha value is -1.91. The molecule has 148 valence electrons. The van der Waals surface area contributed by atoms with Crippen molar-refractivity contribution in [3.8, 4) is 16.3 Å². The fraction of sp³-hybridized carbons (Fsp3) is 0.389. The molecule has 1 unspecified atom stereocenters. The highest BCUT2D eigenvalue weighted by Gasteiger charge is 2.29. The highest BCUT2D eigenvalue weighted by molar-refractivity contribution is 7.98. The Morgan fingerprint density at radius 1 is 1.29 bits per heavy atom. The quantitative estimate of drug-likeness (QED) is 0.519. The summed E-state index contributed by atoms with van der Waals surface area (Å²) >= 11 is 3.02. The standard InChI is InChI=1S/C18H19N3O4S3/c1-24-15-4-2-13(3-5-15)17-19-14(9-26-17)10-27-18-21-20-16(25-18)8-12-6-7-28(22,23)11-12/h2-5,9,12H,6-8,10-11H2,1H3. The summed E-state index contributed by atoms with van der Waals surface area (Å²) < 4.78 is 33.9. The van der Waals surface area contributed by atoms with Crippen molar-refractivity contribution < 1.29 is 17.6 Å². The van der Waals surface area contributed by atoms with Gasteiger partial charge in [0.15, 0.2) is 9.84 Å². The minimum absolute atomic E-state index is 0.0777. The molecule has 1 fully saturated rings. The summed E-state index contributed by atoms with van der Waals surface area (Å²) in [4.78, 5) is 4.66. The van der Waals surface area contributed by atoms with E-state index in [0.717, 1.165) is 22.0 Å². The normalized spacial score (nSPS) is 18.4. The van der Waals surface area contributed by atoms with E-state index < -0.39 is 9.84 Å². The lowest BCUT2D eigenvalue weighted by Crippen LogP contribution is -2.07. The molecule has 2 aromatic heterocycles. The molecule has 1 aliphatic heterocycles. The summed E-state index contributed by atoms with van der Waals surface area (Å²) in [5.74, 6) is 2.50. The molecule has 0 aliphatic carbocycles. The van der Waals surface area contributed by atoms with Crippen LogP contribution in [0.15, 0.2) is 39.3 Å². The summed E-state index contributed by atoms with van der Waals surface area (Å²) in [5, 5.41) is 11.6. The first-order valence-corrected chi connectivity index (χ1v) is 12.4. The zero-order valence-electron chi connectivity index (χ0n) is 15.2. The van der Waals surface area contributed by atoms with Gasteiger partial charge in [-0.25, -0.2) is 13.4 Å². The SMILES string of the molecule is COc1ccc(-c2nc(CSc3nnc(CC4CCS(=O)(=O)C4)o3)cs2)cc1. The Morgan fingerprint density at radius 3 is 2.82 bits per heavy atom. The van der Waals surface area contributed by atoms with Crippen molar-refractivity contribution in [2.75, 3.05) is 18.6 Å². The Labute approximate surface area is 171 Å². The molecule has 7 nitrogen and oxygen atoms in total. The van der Waals surface area contributed by atoms with Gasteiger partial charge in [-0.3, -0.25) is 0 Å². The van der Waals surface area contributed by atoms with Crippen LogP contribution in [-0.2, 0) is 22.0 Å². The monoisotopic (exact) mass is 437 g/mol. The van der Waals surface area contributed by atoms with Crippen LogP contribution in [0.25, 0.3) is 10.6 Å². The third-order valence-electron chi connectivity index (χ3n) is 4.47. The molecule has 0 N–H and O–H groups in total. The van der Waals surface area contributed by atoms with Gasteiger partial charge in [0.05, 0.1) is 24.3 Å². The number of rotatable bonds is 7. The number of aromatic nitrogens is 3. The van der Waals surface area contributed by atoms with Crippen molar-refractivity contribution in [3.63, 3.8) is 0 Å². The van der Waals surface area contributed by atoms with Crippen molar-refractivity contribution in [1.29, 1.82) is 0 Å². The molecule has 1 aromatic carbocycles. The van der Waals surface area contributed by atoms with E-state index >= 15 is 0 Å². The van der Waals surface area contributed by atoms with E-state index in [9.17, 15) is 8.42 Å². The van der Waals surface area contributed by atoms with Crippen LogP contribution in [0.5, 0.6) is 5.75 Å². The molecule has 1 saturated heterocycles. The number of hydrogen-bond donors (Lipinski definition) is 0. The van der Waals surface area contributed by atoms with Gasteiger partial charge in [0.2, 0.25) is 5.89 Å². The molecule has 3 aromatic rings. The molecule has 28 heavy (non-hydrogen) atoms. The lowest BCUT2D eigenvalue weighted by molar-refractivity contribution is 0.389. The average molecular weight is 438 g/mol. The van der Waals surface area contributed by atoms with Gasteiger partial charge < -0.3 is 9.15 Å². The predicted molar refractivity (Wildman–Crippen MR) is 108 cm³/mol. The van der Waals surface area contributed by atoms with Gasteiger partial charge in [-0.15, -0.1) is 21.5 Å². The van der Waals surface area contributed by atoms with Crippen LogP contribution >= 0.6 is 23.1 Å². The van der Waals surface area contributed by atoms with Crippen LogP contribution < -0.4 is 4.74 Å². The zero-order valence-corrected chi connectivity index (χ0v) is 17.6. The maximum atomic E-state index is 11.5. The van der Waals surface area contributed by atoms with Crippen molar-refractivity contribution in [2.24, 2.45) is 5.92 Å². The van der Waals surface area contributed by atoms with Gasteiger partial charge in [0.25, 0.3) is 5.22 Å². The Morgan fingerprint density at radius 2 is 2.11 bits per heavy atom. The average Bonchev–Trinajstić information content (AvgIpc) is 3.41. The number of ether oxygens (including phenoxy) is 1. The van der Waals surface area contributed by atoms with E-state index in [1.165, 1.54) is 11.8 Å². The predicted octanol–water partition coefficient (Wildman–Crippen LogP) is 3.47. The van der Waals surface area contributed by atoms with Gasteiger partial charge in [-0.2, -0.15) is 0 Å². The molecule has 0 spiro atoms. The summed E-state index contributed by atoms with van der Waals surface area (Å²) in [6, 6.07) is 7.81. The molecular formula is C18H19N3O4S3. The van der Waals surface area contributed by atoms with Crippen LogP contribution in [0.3, 0.4) is 0 Å². The molecule has 0 radical (unpaired) electrons. The van der Waals surface area contributed by atoms with Crippen molar-refractivity contribution >= 4 is 32.9 Å². The third-order valence-corrected chi connectivity index (χ3v) is 8.10. The number of methoxy groups -OCH3 is 1. The number of nitrogens with zero attached hydrogens (tertiary/aromatic N) is 3. The smallest absolute Gasteiger partial charge is 0.276 e. The first-order chi connectivity index (χ1) is 13.5. The van der Waals surface area contributed by atoms with E-state index in [0.29, 0.717) is 29.7 Å². The van der Waals surface area contributed by atoms with Crippen LogP contribution in [0.1, 0.15) is 18.0 Å². The fourth-order valence-corrected chi connectivity index (χ4v) is 6.50. The van der Waals surface area contributed by atoms with E-state index in [1.807, 2.05) is 29.6 Å². The number of benzene rings is 1. The second-order valence-corrected chi connectivity index (χ2v) is 10.6. The van der Waals surface area contributed by atoms with E-state index in [1.54, 1.807) is 18.4 Å². The van der Waals surface area contributed by atoms with Crippen LogP contribution in [-0.4, -0.2) is 42.2 Å². The topological polar surface area (TPSA) is 95.2 Å². The lowest BCUT2D eigenvalue weighted by Gasteiger charge is -2.01. The summed E-state index contributed by atoms with van der Waals surface area (Å²) in [6.45, 7) is 0. The Bertz CT molecular complexity index is 1040. The third kappa shape index (κ3) is 4.73. The maximum absolute atomic E-state index is 11.5. The number of thioether (sulfide) groups is 1. The van der Waals surface area contributed by atoms with E-state index in [4.69, 9.17) is 9.15 Å². The molecule has 0 saturated carbocycles. The first kappa shape index (κ1) is 19.4. The number of sulfone groups is 1. The molecule has 0 amide bonds. The maximum Gasteiger partial charge on any atom is 0.276 e. The zero-order chi connectivity index (χ0) is 19.6. The van der Waals surface area contributed by atoms with Crippen molar-refractivity contribution in [2.45, 2.75) is 23.8 Å². The number of hydrogen-bond acceptors (Lipinski definition) is 9. The second kappa shape index (κ2) is 8.22. The molecule has 1 atom stereocenters. The van der Waals surface area contributed by atoms with E-state index in [2.05, 4.69) is 15.2 Å². The number of thiazole rings is 1. The van der Waals surface area contributed by atoms with Crippen molar-refractivity contribution in [1.82, 2.24) is 15.2 Å². The van der Waals surface area contributed by atoms with Gasteiger partial charge in [0.1, 0.15) is 10.8 Å². The minimum atomic E-state index is -2.89. The highest BCUT2D eigenvalue weighted by Crippen LogP contribution is 2.29. The van der Waals surface area contributed by atoms with E-state index in [-0.39, 0.29) is 17.4 Å². The molecule has 4 rings (SSSR count). The van der Waals surface area contributed by atoms with Crippen LogP contribution in [0.4, 0.5) is 0 Å². The van der Waals surface area contributed by atoms with Crippen molar-refractivity contribution in [3.05, 3.63) is 41.2 Å². The molecule has 0 bridgehead atoms. The highest BCUT2D eigenvalue weighted by atomic mass is 32.2. The summed E-state index contributed by atoms with van der Waals surface area (Å²) in [7, 11) is -1.24. The second-order valence-electron chi connectivity index (χ2n) is 6.60. The molecular weight excluding hydrogens is 418 g/mol. The molecule has 10 heteroatoms. The molecule has 1 aliphatic rings. The minimum Gasteiger partial charge on any atom is -0.497 e. The Kier molecular flexibility index (Phi) is 5.70. The van der Waals surface area contributed by atoms with Gasteiger partial charge in [0, 0.05) is 23.1 Å². The summed E-state index contributed by atoms with van der Waals surface area (Å²) in [5.41, 5.74) is 2.00. The summed E-state index contributed by atoms with van der Waals surface area (Å²) in [6.07, 6.45) is 1.19. The van der Waals surface area contributed by atoms with Crippen LogP contribution in [0.2, 0.25) is 0 Å². The molecule has 3 heterocycles. The van der Waals surface area contributed by atoms with Crippen LogP contribution in [0, 0.1) is 5.92 Å². The van der Waals surface area contributed by atoms with Gasteiger partial charge in [-0.1, -0.05) is 11.8 Å². The lowest BCUT2D eigenvalue weighted by atomic mass is 10.1. The Balaban J connectivity index is 1.32. The fourth-order valence-electron chi connectivity index (χ4n) is 3.03.